The number of likely N-dealkylation sites (tertiary alicyclic amines) is 1. The summed E-state index contributed by atoms with van der Waals surface area (Å²) in [5, 5.41) is 4.43. The van der Waals surface area contributed by atoms with E-state index in [1.807, 2.05) is 73.5 Å². The van der Waals surface area contributed by atoms with Crippen molar-refractivity contribution >= 4 is 5.91 Å². The number of likely N-dealkylation sites (N-methyl/N-ethyl adjacent to an activating group) is 1. The number of rotatable bonds is 8. The van der Waals surface area contributed by atoms with Crippen LogP contribution in [0.2, 0.25) is 0 Å². The molecule has 1 unspecified atom stereocenters. The minimum atomic E-state index is 0.130. The lowest BCUT2D eigenvalue weighted by Gasteiger charge is -2.27. The number of carbonyl (C=O) groups excluding carboxylic acids is 1. The van der Waals surface area contributed by atoms with Crippen LogP contribution < -0.4 is 4.74 Å². The molecule has 0 bridgehead atoms. The van der Waals surface area contributed by atoms with E-state index in [1.54, 1.807) is 4.90 Å². The second kappa shape index (κ2) is 9.79. The van der Waals surface area contributed by atoms with Gasteiger partial charge in [-0.25, -0.2) is 4.68 Å². The fourth-order valence-electron chi connectivity index (χ4n) is 4.17. The number of aromatic nitrogens is 2. The Bertz CT molecular complexity index is 984. The van der Waals surface area contributed by atoms with Gasteiger partial charge >= 0.3 is 0 Å². The van der Waals surface area contributed by atoms with Crippen LogP contribution in [0.25, 0.3) is 5.69 Å². The van der Waals surface area contributed by atoms with Crippen LogP contribution in [-0.4, -0.2) is 52.2 Å². The first kappa shape index (κ1) is 21.1. The molecule has 1 aliphatic heterocycles. The lowest BCUT2D eigenvalue weighted by molar-refractivity contribution is -0.131. The molecule has 1 fully saturated rings. The maximum atomic E-state index is 12.9. The fourth-order valence-corrected chi connectivity index (χ4v) is 4.17. The monoisotopic (exact) mass is 418 g/mol. The Morgan fingerprint density at radius 3 is 2.68 bits per heavy atom. The molecular weight excluding hydrogens is 388 g/mol. The standard InChI is InChI=1S/C25H30N4O2/c1-3-31-23-13-11-21(12-14-23)24-10-7-15-28(24)19-25(30)27(2)17-20-16-26-29(18-20)22-8-5-4-6-9-22/h4-6,8-9,11-14,16,18,24H,3,7,10,15,17,19H2,1-2H3. The van der Waals surface area contributed by atoms with Gasteiger partial charge in [0.1, 0.15) is 5.75 Å². The van der Waals surface area contributed by atoms with E-state index in [0.29, 0.717) is 19.7 Å². The summed E-state index contributed by atoms with van der Waals surface area (Å²) in [6.45, 7) is 4.58. The third-order valence-electron chi connectivity index (χ3n) is 5.78. The Morgan fingerprint density at radius 2 is 1.94 bits per heavy atom. The summed E-state index contributed by atoms with van der Waals surface area (Å²) in [4.78, 5) is 17.0. The summed E-state index contributed by atoms with van der Waals surface area (Å²) in [7, 11) is 1.87. The van der Waals surface area contributed by atoms with Gasteiger partial charge in [-0.2, -0.15) is 5.10 Å². The normalized spacial score (nSPS) is 16.4. The second-order valence-corrected chi connectivity index (χ2v) is 8.01. The van der Waals surface area contributed by atoms with Crippen LogP contribution >= 0.6 is 0 Å². The third kappa shape index (κ3) is 5.14. The minimum absolute atomic E-state index is 0.130. The molecule has 1 saturated heterocycles. The molecule has 0 aliphatic carbocycles. The molecule has 162 valence electrons. The van der Waals surface area contributed by atoms with Gasteiger partial charge in [-0.3, -0.25) is 9.69 Å². The zero-order chi connectivity index (χ0) is 21.6. The first-order chi connectivity index (χ1) is 15.1. The Morgan fingerprint density at radius 1 is 1.16 bits per heavy atom. The zero-order valence-electron chi connectivity index (χ0n) is 18.3. The maximum Gasteiger partial charge on any atom is 0.236 e. The van der Waals surface area contributed by atoms with Crippen LogP contribution in [0.15, 0.2) is 67.0 Å². The van der Waals surface area contributed by atoms with Gasteiger partial charge in [0.05, 0.1) is 25.0 Å². The van der Waals surface area contributed by atoms with Crippen molar-refractivity contribution < 1.29 is 9.53 Å². The number of carbonyl (C=O) groups is 1. The molecule has 0 spiro atoms. The molecule has 0 saturated carbocycles. The molecule has 6 nitrogen and oxygen atoms in total. The highest BCUT2D eigenvalue weighted by atomic mass is 16.5. The summed E-state index contributed by atoms with van der Waals surface area (Å²) in [5.74, 6) is 1.02. The van der Waals surface area contributed by atoms with E-state index in [1.165, 1.54) is 5.56 Å². The number of hydrogen-bond donors (Lipinski definition) is 0. The van der Waals surface area contributed by atoms with Crippen LogP contribution in [-0.2, 0) is 11.3 Å². The SMILES string of the molecule is CCOc1ccc(C2CCCN2CC(=O)N(C)Cc2cnn(-c3ccccc3)c2)cc1. The van der Waals surface area contributed by atoms with Crippen LogP contribution in [0, 0.1) is 0 Å². The predicted octanol–water partition coefficient (Wildman–Crippen LogP) is 4.07. The van der Waals surface area contributed by atoms with Gasteiger partial charge in [-0.1, -0.05) is 30.3 Å². The average Bonchev–Trinajstić information content (AvgIpc) is 3.45. The second-order valence-electron chi connectivity index (χ2n) is 8.01. The van der Waals surface area contributed by atoms with Gasteiger partial charge in [0.25, 0.3) is 0 Å². The molecule has 0 N–H and O–H groups in total. The predicted molar refractivity (Wildman–Crippen MR) is 121 cm³/mol. The van der Waals surface area contributed by atoms with Crippen LogP contribution in [0.5, 0.6) is 5.75 Å². The van der Waals surface area contributed by atoms with Crippen LogP contribution in [0.4, 0.5) is 0 Å². The largest absolute Gasteiger partial charge is 0.494 e. The number of hydrogen-bond acceptors (Lipinski definition) is 4. The van der Waals surface area contributed by atoms with Gasteiger partial charge in [0.2, 0.25) is 5.91 Å². The number of nitrogens with zero attached hydrogens (tertiary/aromatic N) is 4. The van der Waals surface area contributed by atoms with E-state index in [0.717, 1.165) is 36.4 Å². The third-order valence-corrected chi connectivity index (χ3v) is 5.78. The van der Waals surface area contributed by atoms with Crippen molar-refractivity contribution in [3.05, 3.63) is 78.1 Å². The summed E-state index contributed by atoms with van der Waals surface area (Å²) < 4.78 is 7.39. The van der Waals surface area contributed by atoms with Crippen molar-refractivity contribution in [2.24, 2.45) is 0 Å². The lowest BCUT2D eigenvalue weighted by Crippen LogP contribution is -2.37. The smallest absolute Gasteiger partial charge is 0.236 e. The van der Waals surface area contributed by atoms with Crippen molar-refractivity contribution in [2.45, 2.75) is 32.4 Å². The van der Waals surface area contributed by atoms with Crippen molar-refractivity contribution in [1.29, 1.82) is 0 Å². The van der Waals surface area contributed by atoms with Gasteiger partial charge < -0.3 is 9.64 Å². The number of para-hydroxylation sites is 1. The van der Waals surface area contributed by atoms with E-state index in [4.69, 9.17) is 4.74 Å². The van der Waals surface area contributed by atoms with Gasteiger partial charge in [0.15, 0.2) is 0 Å². The molecule has 1 amide bonds. The average molecular weight is 419 g/mol. The van der Waals surface area contributed by atoms with Crippen LogP contribution in [0.3, 0.4) is 0 Å². The van der Waals surface area contributed by atoms with E-state index >= 15 is 0 Å². The Hall–Kier alpha value is -3.12. The molecule has 3 aromatic rings. The Kier molecular flexibility index (Phi) is 6.67. The highest BCUT2D eigenvalue weighted by Crippen LogP contribution is 2.32. The summed E-state index contributed by atoms with van der Waals surface area (Å²) in [5.41, 5.74) is 3.28. The number of benzene rings is 2. The molecule has 1 aliphatic rings. The van der Waals surface area contributed by atoms with E-state index < -0.39 is 0 Å². The Labute approximate surface area is 184 Å². The molecule has 31 heavy (non-hydrogen) atoms. The molecule has 1 atom stereocenters. The number of ether oxygens (including phenoxy) is 1. The van der Waals surface area contributed by atoms with E-state index in [9.17, 15) is 4.79 Å². The summed E-state index contributed by atoms with van der Waals surface area (Å²) >= 11 is 0. The summed E-state index contributed by atoms with van der Waals surface area (Å²) in [6, 6.07) is 18.6. The molecule has 1 aromatic heterocycles. The molecule has 2 heterocycles. The highest BCUT2D eigenvalue weighted by molar-refractivity contribution is 5.78. The highest BCUT2D eigenvalue weighted by Gasteiger charge is 2.28. The maximum absolute atomic E-state index is 12.9. The minimum Gasteiger partial charge on any atom is -0.494 e. The summed E-state index contributed by atoms with van der Waals surface area (Å²) in [6.07, 6.45) is 6.00. The van der Waals surface area contributed by atoms with Crippen LogP contribution in [0.1, 0.15) is 36.9 Å². The van der Waals surface area contributed by atoms with E-state index in [2.05, 4.69) is 22.1 Å². The molecule has 6 heteroatoms. The van der Waals surface area contributed by atoms with Crippen molar-refractivity contribution in [1.82, 2.24) is 19.6 Å². The lowest BCUT2D eigenvalue weighted by atomic mass is 10.0. The van der Waals surface area contributed by atoms with Gasteiger partial charge in [-0.05, 0) is 56.1 Å². The van der Waals surface area contributed by atoms with Crippen molar-refractivity contribution in [3.63, 3.8) is 0 Å². The number of amides is 1. The molecule has 2 aromatic carbocycles. The quantitative estimate of drug-likeness (QED) is 0.553. The van der Waals surface area contributed by atoms with Gasteiger partial charge in [0, 0.05) is 31.4 Å². The molecular formula is C25H30N4O2. The fraction of sp³-hybridized carbons (Fsp3) is 0.360. The first-order valence-corrected chi connectivity index (χ1v) is 10.9. The first-order valence-electron chi connectivity index (χ1n) is 10.9. The molecule has 4 rings (SSSR count). The van der Waals surface area contributed by atoms with Crippen molar-refractivity contribution in [3.8, 4) is 11.4 Å². The molecule has 0 radical (unpaired) electrons. The van der Waals surface area contributed by atoms with Gasteiger partial charge in [-0.15, -0.1) is 0 Å². The Balaban J connectivity index is 1.35. The van der Waals surface area contributed by atoms with Crippen molar-refractivity contribution in [2.75, 3.05) is 26.7 Å². The topological polar surface area (TPSA) is 50.6 Å². The van der Waals surface area contributed by atoms with E-state index in [-0.39, 0.29) is 11.9 Å². The zero-order valence-corrected chi connectivity index (χ0v) is 18.3.